The van der Waals surface area contributed by atoms with Gasteiger partial charge in [0.05, 0.1) is 5.69 Å². The number of aromatic nitrogens is 4. The van der Waals surface area contributed by atoms with Crippen LogP contribution in [-0.2, 0) is 0 Å². The zero-order valence-corrected chi connectivity index (χ0v) is 15.8. The molecule has 1 aliphatic rings. The fraction of sp³-hybridized carbons (Fsp3) is 0.182. The number of anilines is 1. The zero-order chi connectivity index (χ0) is 19.6. The van der Waals surface area contributed by atoms with Crippen LogP contribution in [0.1, 0.15) is 10.4 Å². The summed E-state index contributed by atoms with van der Waals surface area (Å²) in [6.45, 7) is 2.64. The summed E-state index contributed by atoms with van der Waals surface area (Å²) in [6.07, 6.45) is 0. The first kappa shape index (κ1) is 17.4. The Morgan fingerprint density at radius 3 is 2.31 bits per heavy atom. The van der Waals surface area contributed by atoms with Crippen LogP contribution in [-0.4, -0.2) is 57.2 Å². The predicted octanol–water partition coefficient (Wildman–Crippen LogP) is 2.78. The lowest BCUT2D eigenvalue weighted by molar-refractivity contribution is 0.0746. The summed E-state index contributed by atoms with van der Waals surface area (Å²) in [4.78, 5) is 17.0. The molecule has 0 unspecified atom stereocenters. The van der Waals surface area contributed by atoms with E-state index >= 15 is 0 Å². The van der Waals surface area contributed by atoms with Gasteiger partial charge in [0.1, 0.15) is 0 Å². The molecule has 29 heavy (non-hydrogen) atoms. The first-order valence-electron chi connectivity index (χ1n) is 9.66. The molecule has 0 bridgehead atoms. The van der Waals surface area contributed by atoms with Crippen molar-refractivity contribution in [2.75, 3.05) is 31.1 Å². The first-order chi connectivity index (χ1) is 14.3. The van der Waals surface area contributed by atoms with Crippen LogP contribution in [0.4, 0.5) is 5.95 Å². The van der Waals surface area contributed by atoms with Gasteiger partial charge in [-0.05, 0) is 45.5 Å². The Morgan fingerprint density at radius 1 is 0.793 bits per heavy atom. The minimum Gasteiger partial charge on any atom is -0.336 e. The number of fused-ring (bicyclic) bond motifs is 1. The van der Waals surface area contributed by atoms with Crippen molar-refractivity contribution in [2.45, 2.75) is 0 Å². The van der Waals surface area contributed by atoms with E-state index in [2.05, 4.69) is 26.5 Å². The van der Waals surface area contributed by atoms with Crippen molar-refractivity contribution >= 4 is 22.6 Å². The summed E-state index contributed by atoms with van der Waals surface area (Å²) >= 11 is 0. The second-order valence-corrected chi connectivity index (χ2v) is 7.07. The number of hydrogen-bond donors (Lipinski definition) is 0. The van der Waals surface area contributed by atoms with Crippen molar-refractivity contribution < 1.29 is 4.79 Å². The number of piperazine rings is 1. The van der Waals surface area contributed by atoms with E-state index in [0.29, 0.717) is 32.1 Å². The van der Waals surface area contributed by atoms with Crippen molar-refractivity contribution in [3.8, 4) is 5.69 Å². The molecule has 0 aliphatic carbocycles. The Labute approximate surface area is 168 Å². The van der Waals surface area contributed by atoms with Crippen molar-refractivity contribution in [2.24, 2.45) is 0 Å². The Hall–Kier alpha value is -3.74. The highest BCUT2D eigenvalue weighted by Gasteiger charge is 2.25. The fourth-order valence-electron chi connectivity index (χ4n) is 3.73. The molecule has 7 heteroatoms. The summed E-state index contributed by atoms with van der Waals surface area (Å²) in [7, 11) is 0. The molecular formula is C22H20N6O. The molecule has 7 nitrogen and oxygen atoms in total. The SMILES string of the molecule is O=C(c1ccc2ccccc2c1)N1CCN(c2nnnn2-c2ccccc2)CC1. The number of benzene rings is 3. The maximum Gasteiger partial charge on any atom is 0.253 e. The zero-order valence-electron chi connectivity index (χ0n) is 15.8. The van der Waals surface area contributed by atoms with Gasteiger partial charge in [-0.15, -0.1) is 0 Å². The second kappa shape index (κ2) is 7.35. The molecule has 1 fully saturated rings. The van der Waals surface area contributed by atoms with Crippen LogP contribution in [0.25, 0.3) is 16.5 Å². The van der Waals surface area contributed by atoms with Gasteiger partial charge in [0.2, 0.25) is 5.95 Å². The maximum atomic E-state index is 13.0. The molecule has 3 aromatic carbocycles. The molecule has 0 N–H and O–H groups in total. The van der Waals surface area contributed by atoms with Gasteiger partial charge in [-0.2, -0.15) is 4.68 Å². The molecule has 1 aliphatic heterocycles. The first-order valence-corrected chi connectivity index (χ1v) is 9.66. The van der Waals surface area contributed by atoms with E-state index in [0.717, 1.165) is 22.0 Å². The number of rotatable bonds is 3. The molecule has 2 heterocycles. The van der Waals surface area contributed by atoms with E-state index in [4.69, 9.17) is 0 Å². The highest BCUT2D eigenvalue weighted by atomic mass is 16.2. The molecule has 0 saturated carbocycles. The van der Waals surface area contributed by atoms with Crippen LogP contribution in [0, 0.1) is 0 Å². The molecule has 0 radical (unpaired) electrons. The number of hydrogen-bond acceptors (Lipinski definition) is 5. The smallest absolute Gasteiger partial charge is 0.253 e. The number of carbonyl (C=O) groups excluding carboxylic acids is 1. The van der Waals surface area contributed by atoms with E-state index in [9.17, 15) is 4.79 Å². The van der Waals surface area contributed by atoms with Gasteiger partial charge in [-0.25, -0.2) is 0 Å². The van der Waals surface area contributed by atoms with Crippen LogP contribution in [0.3, 0.4) is 0 Å². The standard InChI is InChI=1S/C22H20N6O/c29-21(19-11-10-17-6-4-5-7-18(17)16-19)26-12-14-27(15-13-26)22-23-24-25-28(22)20-8-2-1-3-9-20/h1-11,16H,12-15H2. The highest BCUT2D eigenvalue weighted by Crippen LogP contribution is 2.20. The molecule has 4 aromatic rings. The average molecular weight is 384 g/mol. The second-order valence-electron chi connectivity index (χ2n) is 7.07. The van der Waals surface area contributed by atoms with E-state index in [1.165, 1.54) is 0 Å². The van der Waals surface area contributed by atoms with Gasteiger partial charge in [-0.1, -0.05) is 53.6 Å². The third kappa shape index (κ3) is 3.31. The van der Waals surface area contributed by atoms with E-state index in [-0.39, 0.29) is 5.91 Å². The maximum absolute atomic E-state index is 13.0. The Balaban J connectivity index is 1.30. The van der Waals surface area contributed by atoms with Crippen LogP contribution < -0.4 is 4.90 Å². The molecule has 1 aromatic heterocycles. The van der Waals surface area contributed by atoms with Gasteiger partial charge >= 0.3 is 0 Å². The number of tetrazole rings is 1. The molecule has 1 amide bonds. The summed E-state index contributed by atoms with van der Waals surface area (Å²) in [6, 6.07) is 23.8. The van der Waals surface area contributed by atoms with Crippen molar-refractivity contribution in [3.05, 3.63) is 78.4 Å². The van der Waals surface area contributed by atoms with Gasteiger partial charge in [-0.3, -0.25) is 4.79 Å². The monoisotopic (exact) mass is 384 g/mol. The van der Waals surface area contributed by atoms with Crippen molar-refractivity contribution in [1.82, 2.24) is 25.1 Å². The van der Waals surface area contributed by atoms with Gasteiger partial charge in [0.15, 0.2) is 0 Å². The minimum absolute atomic E-state index is 0.0676. The summed E-state index contributed by atoms with van der Waals surface area (Å²) in [5, 5.41) is 14.4. The summed E-state index contributed by atoms with van der Waals surface area (Å²) < 4.78 is 1.74. The van der Waals surface area contributed by atoms with Crippen LogP contribution in [0.15, 0.2) is 72.8 Å². The third-order valence-corrected chi connectivity index (χ3v) is 5.30. The quantitative estimate of drug-likeness (QED) is 0.543. The number of para-hydroxylation sites is 1. The van der Waals surface area contributed by atoms with Gasteiger partial charge in [0, 0.05) is 31.7 Å². The summed E-state index contributed by atoms with van der Waals surface area (Å²) in [5.41, 5.74) is 1.65. The largest absolute Gasteiger partial charge is 0.336 e. The lowest BCUT2D eigenvalue weighted by Gasteiger charge is -2.34. The molecule has 0 spiro atoms. The Kier molecular flexibility index (Phi) is 4.40. The number of amides is 1. The highest BCUT2D eigenvalue weighted by molar-refractivity contribution is 5.98. The van der Waals surface area contributed by atoms with E-state index < -0.39 is 0 Å². The van der Waals surface area contributed by atoms with Crippen molar-refractivity contribution in [3.63, 3.8) is 0 Å². The number of carbonyl (C=O) groups is 1. The predicted molar refractivity (Wildman–Crippen MR) is 111 cm³/mol. The fourth-order valence-corrected chi connectivity index (χ4v) is 3.73. The minimum atomic E-state index is 0.0676. The average Bonchev–Trinajstić information content (AvgIpc) is 3.29. The third-order valence-electron chi connectivity index (χ3n) is 5.30. The van der Waals surface area contributed by atoms with Gasteiger partial charge in [0.25, 0.3) is 5.91 Å². The molecule has 0 atom stereocenters. The van der Waals surface area contributed by atoms with Crippen LogP contribution >= 0.6 is 0 Å². The molecule has 1 saturated heterocycles. The van der Waals surface area contributed by atoms with Crippen LogP contribution in [0.5, 0.6) is 0 Å². The normalized spacial score (nSPS) is 14.3. The lowest BCUT2D eigenvalue weighted by atomic mass is 10.1. The summed E-state index contributed by atoms with van der Waals surface area (Å²) in [5.74, 6) is 0.770. The van der Waals surface area contributed by atoms with E-state index in [1.807, 2.05) is 71.6 Å². The molecule has 5 rings (SSSR count). The van der Waals surface area contributed by atoms with Gasteiger partial charge < -0.3 is 9.80 Å². The topological polar surface area (TPSA) is 67.2 Å². The lowest BCUT2D eigenvalue weighted by Crippen LogP contribution is -2.49. The van der Waals surface area contributed by atoms with E-state index in [1.54, 1.807) is 4.68 Å². The van der Waals surface area contributed by atoms with Crippen molar-refractivity contribution in [1.29, 1.82) is 0 Å². The van der Waals surface area contributed by atoms with Crippen LogP contribution in [0.2, 0.25) is 0 Å². The Bertz CT molecular complexity index is 1150. The Morgan fingerprint density at radius 2 is 1.52 bits per heavy atom. The number of nitrogens with zero attached hydrogens (tertiary/aromatic N) is 6. The molecule has 144 valence electrons. The molecular weight excluding hydrogens is 364 g/mol.